The van der Waals surface area contributed by atoms with Crippen molar-refractivity contribution in [3.63, 3.8) is 0 Å². The van der Waals surface area contributed by atoms with Gasteiger partial charge in [0.15, 0.2) is 0 Å². The highest BCUT2D eigenvalue weighted by Crippen LogP contribution is 2.17. The minimum atomic E-state index is -0.0207. The molecule has 0 bridgehead atoms. The lowest BCUT2D eigenvalue weighted by molar-refractivity contribution is 0.0957. The maximum absolute atomic E-state index is 12.0. The van der Waals surface area contributed by atoms with Gasteiger partial charge in [-0.25, -0.2) is 4.98 Å². The van der Waals surface area contributed by atoms with Crippen LogP contribution in [0, 0.1) is 0 Å². The van der Waals surface area contributed by atoms with Gasteiger partial charge in [-0.2, -0.15) is 4.98 Å². The van der Waals surface area contributed by atoms with Crippen LogP contribution in [-0.2, 0) is 6.54 Å². The Morgan fingerprint density at radius 2 is 2.15 bits per heavy atom. The number of hydrogen-bond acceptors (Lipinski definition) is 6. The van der Waals surface area contributed by atoms with E-state index in [0.717, 1.165) is 34.6 Å². The summed E-state index contributed by atoms with van der Waals surface area (Å²) in [7, 11) is 0. The highest BCUT2D eigenvalue weighted by atomic mass is 32.1. The average Bonchev–Trinajstić information content (AvgIpc) is 3.36. The molecule has 4 aromatic heterocycles. The fraction of sp³-hybridized carbons (Fsp3) is 0.158. The molecule has 136 valence electrons. The number of nitrogens with zero attached hydrogens (tertiary/aromatic N) is 4. The molecule has 4 rings (SSSR count). The number of anilines is 2. The SMILES string of the molecule is O=C(NCCCn1ccc2cnc(Nc3cccnc3)nc21)c1cccs1. The number of aryl methyl sites for hydroxylation is 1. The standard InChI is InChI=1S/C19H18N6OS/c26-18(16-5-2-11-27-16)21-8-3-9-25-10-6-14-12-22-19(24-17(14)25)23-15-4-1-7-20-13-15/h1-2,4-7,10-13H,3,8-9H2,(H,21,26)(H,22,23,24). The van der Waals surface area contributed by atoms with Crippen LogP contribution < -0.4 is 10.6 Å². The highest BCUT2D eigenvalue weighted by molar-refractivity contribution is 7.12. The van der Waals surface area contributed by atoms with Crippen molar-refractivity contribution in [2.24, 2.45) is 0 Å². The number of hydrogen-bond donors (Lipinski definition) is 2. The molecule has 27 heavy (non-hydrogen) atoms. The van der Waals surface area contributed by atoms with Gasteiger partial charge < -0.3 is 15.2 Å². The first-order chi connectivity index (χ1) is 13.3. The summed E-state index contributed by atoms with van der Waals surface area (Å²) in [5.41, 5.74) is 1.70. The summed E-state index contributed by atoms with van der Waals surface area (Å²) in [6.07, 6.45) is 8.06. The van der Waals surface area contributed by atoms with E-state index >= 15 is 0 Å². The average molecular weight is 378 g/mol. The maximum atomic E-state index is 12.0. The first-order valence-corrected chi connectivity index (χ1v) is 9.48. The number of rotatable bonds is 7. The quantitative estimate of drug-likeness (QED) is 0.481. The van der Waals surface area contributed by atoms with E-state index < -0.39 is 0 Å². The maximum Gasteiger partial charge on any atom is 0.261 e. The zero-order chi connectivity index (χ0) is 18.5. The van der Waals surface area contributed by atoms with Crippen LogP contribution in [0.4, 0.5) is 11.6 Å². The van der Waals surface area contributed by atoms with E-state index in [1.165, 1.54) is 11.3 Å². The number of fused-ring (bicyclic) bond motifs is 1. The lowest BCUT2D eigenvalue weighted by atomic mass is 10.4. The van der Waals surface area contributed by atoms with Gasteiger partial charge in [0.25, 0.3) is 5.91 Å². The van der Waals surface area contributed by atoms with E-state index in [9.17, 15) is 4.79 Å². The van der Waals surface area contributed by atoms with Crippen molar-refractivity contribution < 1.29 is 4.79 Å². The van der Waals surface area contributed by atoms with Gasteiger partial charge in [-0.1, -0.05) is 6.07 Å². The van der Waals surface area contributed by atoms with Crippen LogP contribution in [0.5, 0.6) is 0 Å². The van der Waals surface area contributed by atoms with Crippen molar-refractivity contribution in [3.8, 4) is 0 Å². The lowest BCUT2D eigenvalue weighted by Gasteiger charge is -2.08. The van der Waals surface area contributed by atoms with E-state index in [1.54, 1.807) is 18.6 Å². The largest absolute Gasteiger partial charge is 0.351 e. The van der Waals surface area contributed by atoms with E-state index in [1.807, 2.05) is 41.9 Å². The number of aromatic nitrogens is 4. The third kappa shape index (κ3) is 4.12. The molecule has 2 N–H and O–H groups in total. The molecule has 0 saturated carbocycles. The Kier molecular flexibility index (Phi) is 5.06. The van der Waals surface area contributed by atoms with Crippen LogP contribution in [0.2, 0.25) is 0 Å². The van der Waals surface area contributed by atoms with Crippen LogP contribution in [0.15, 0.2) is 60.5 Å². The molecule has 0 unspecified atom stereocenters. The Balaban J connectivity index is 1.38. The molecule has 7 nitrogen and oxygen atoms in total. The first kappa shape index (κ1) is 17.2. The highest BCUT2D eigenvalue weighted by Gasteiger charge is 2.07. The second-order valence-electron chi connectivity index (χ2n) is 5.94. The van der Waals surface area contributed by atoms with Crippen molar-refractivity contribution in [1.82, 2.24) is 24.8 Å². The van der Waals surface area contributed by atoms with Crippen molar-refractivity contribution in [1.29, 1.82) is 0 Å². The van der Waals surface area contributed by atoms with Gasteiger partial charge in [0.2, 0.25) is 5.95 Å². The molecule has 0 aliphatic carbocycles. The van der Waals surface area contributed by atoms with Crippen molar-refractivity contribution >= 4 is 39.9 Å². The van der Waals surface area contributed by atoms with Crippen molar-refractivity contribution in [2.45, 2.75) is 13.0 Å². The monoisotopic (exact) mass is 378 g/mol. The molecule has 1 amide bonds. The number of pyridine rings is 1. The molecule has 0 aromatic carbocycles. The van der Waals surface area contributed by atoms with E-state index in [0.29, 0.717) is 12.5 Å². The summed E-state index contributed by atoms with van der Waals surface area (Å²) >= 11 is 1.45. The number of carbonyl (C=O) groups excluding carboxylic acids is 1. The fourth-order valence-electron chi connectivity index (χ4n) is 2.72. The minimum Gasteiger partial charge on any atom is -0.351 e. The Bertz CT molecular complexity index is 1030. The fourth-order valence-corrected chi connectivity index (χ4v) is 3.36. The molecule has 0 aliphatic rings. The molecular formula is C19H18N6OS. The Morgan fingerprint density at radius 1 is 1.19 bits per heavy atom. The molecule has 0 atom stereocenters. The second-order valence-corrected chi connectivity index (χ2v) is 6.88. The molecule has 0 aliphatic heterocycles. The summed E-state index contributed by atoms with van der Waals surface area (Å²) in [4.78, 5) is 25.7. The van der Waals surface area contributed by atoms with Crippen LogP contribution in [0.3, 0.4) is 0 Å². The number of carbonyl (C=O) groups is 1. The van der Waals surface area contributed by atoms with Crippen molar-refractivity contribution in [3.05, 3.63) is 65.4 Å². The van der Waals surface area contributed by atoms with E-state index in [4.69, 9.17) is 0 Å². The normalized spacial score (nSPS) is 10.8. The molecule has 8 heteroatoms. The van der Waals surface area contributed by atoms with Crippen LogP contribution in [0.25, 0.3) is 11.0 Å². The molecular weight excluding hydrogens is 360 g/mol. The van der Waals surface area contributed by atoms with Gasteiger partial charge in [0, 0.05) is 37.1 Å². The molecule has 0 fully saturated rings. The first-order valence-electron chi connectivity index (χ1n) is 8.60. The topological polar surface area (TPSA) is 84.7 Å². The third-order valence-electron chi connectivity index (χ3n) is 4.03. The predicted octanol–water partition coefficient (Wildman–Crippen LogP) is 3.45. The van der Waals surface area contributed by atoms with Gasteiger partial charge in [0.1, 0.15) is 5.65 Å². The van der Waals surface area contributed by atoms with Gasteiger partial charge in [0.05, 0.1) is 16.8 Å². The van der Waals surface area contributed by atoms with Crippen LogP contribution >= 0.6 is 11.3 Å². The van der Waals surface area contributed by atoms with Gasteiger partial charge in [-0.05, 0) is 36.1 Å². The molecule has 0 spiro atoms. The van der Waals surface area contributed by atoms with E-state index in [2.05, 4.69) is 30.2 Å². The smallest absolute Gasteiger partial charge is 0.261 e. The van der Waals surface area contributed by atoms with Crippen molar-refractivity contribution in [2.75, 3.05) is 11.9 Å². The molecule has 0 saturated heterocycles. The van der Waals surface area contributed by atoms with E-state index in [-0.39, 0.29) is 5.91 Å². The third-order valence-corrected chi connectivity index (χ3v) is 4.89. The Morgan fingerprint density at radius 3 is 2.96 bits per heavy atom. The zero-order valence-corrected chi connectivity index (χ0v) is 15.3. The molecule has 4 aromatic rings. The van der Waals surface area contributed by atoms with Gasteiger partial charge >= 0.3 is 0 Å². The summed E-state index contributed by atoms with van der Waals surface area (Å²) in [6, 6.07) is 9.47. The van der Waals surface area contributed by atoms with Crippen LogP contribution in [0.1, 0.15) is 16.1 Å². The number of thiophene rings is 1. The summed E-state index contributed by atoms with van der Waals surface area (Å²) < 4.78 is 2.07. The van der Waals surface area contributed by atoms with Crippen LogP contribution in [-0.4, -0.2) is 32.0 Å². The lowest BCUT2D eigenvalue weighted by Crippen LogP contribution is -2.24. The van der Waals surface area contributed by atoms with Gasteiger partial charge in [-0.3, -0.25) is 9.78 Å². The Hall–Kier alpha value is -3.26. The molecule has 0 radical (unpaired) electrons. The summed E-state index contributed by atoms with van der Waals surface area (Å²) in [5, 5.41) is 8.98. The van der Waals surface area contributed by atoms with Gasteiger partial charge in [-0.15, -0.1) is 11.3 Å². The molecule has 4 heterocycles. The zero-order valence-electron chi connectivity index (χ0n) is 14.5. The minimum absolute atomic E-state index is 0.0207. The summed E-state index contributed by atoms with van der Waals surface area (Å²) in [5.74, 6) is 0.508. The number of amides is 1. The second kappa shape index (κ2) is 7.96. The number of nitrogens with one attached hydrogen (secondary N) is 2. The Labute approximate surface area is 160 Å². The summed E-state index contributed by atoms with van der Waals surface area (Å²) in [6.45, 7) is 1.37. The predicted molar refractivity (Wildman–Crippen MR) is 106 cm³/mol.